The maximum absolute atomic E-state index is 11.5. The summed E-state index contributed by atoms with van der Waals surface area (Å²) >= 11 is 2.17. The van der Waals surface area contributed by atoms with E-state index in [9.17, 15) is 4.79 Å². The zero-order chi connectivity index (χ0) is 14.8. The molecule has 0 unspecified atom stereocenters. The van der Waals surface area contributed by atoms with Crippen LogP contribution in [0.1, 0.15) is 25.7 Å². The van der Waals surface area contributed by atoms with Crippen molar-refractivity contribution in [3.05, 3.63) is 16.0 Å². The molecule has 0 aliphatic heterocycles. The predicted octanol–water partition coefficient (Wildman–Crippen LogP) is 2.67. The molecule has 21 heavy (non-hydrogen) atoms. The summed E-state index contributed by atoms with van der Waals surface area (Å²) in [6, 6.07) is 1.87. The Kier molecular flexibility index (Phi) is 4.27. The van der Waals surface area contributed by atoms with E-state index >= 15 is 0 Å². The third-order valence-corrected chi connectivity index (χ3v) is 4.66. The highest BCUT2D eigenvalue weighted by atomic mass is 127. The number of esters is 1. The average molecular weight is 401 g/mol. The molecule has 0 radical (unpaired) electrons. The Morgan fingerprint density at radius 1 is 1.38 bits per heavy atom. The molecular formula is C14H16IN3O3. The average Bonchev–Trinajstić information content (AvgIpc) is 2.90. The maximum Gasteiger partial charge on any atom is 0.308 e. The fourth-order valence-corrected chi connectivity index (χ4v) is 3.39. The topological polar surface area (TPSA) is 77.1 Å². The minimum Gasteiger partial charge on any atom is -0.490 e. The number of methoxy groups -OCH3 is 1. The number of pyridine rings is 1. The van der Waals surface area contributed by atoms with Crippen LogP contribution in [-0.4, -0.2) is 34.4 Å². The molecule has 0 saturated heterocycles. The Hall–Kier alpha value is -1.38. The van der Waals surface area contributed by atoms with Crippen LogP contribution >= 0.6 is 22.6 Å². The van der Waals surface area contributed by atoms with Gasteiger partial charge in [-0.2, -0.15) is 5.10 Å². The van der Waals surface area contributed by atoms with Crippen LogP contribution < -0.4 is 4.74 Å². The van der Waals surface area contributed by atoms with Crippen molar-refractivity contribution in [1.82, 2.24) is 15.2 Å². The van der Waals surface area contributed by atoms with E-state index < -0.39 is 0 Å². The van der Waals surface area contributed by atoms with Crippen LogP contribution in [-0.2, 0) is 9.53 Å². The quantitative estimate of drug-likeness (QED) is 0.632. The first kappa shape index (κ1) is 14.6. The molecular weight excluding hydrogens is 385 g/mol. The summed E-state index contributed by atoms with van der Waals surface area (Å²) in [5.74, 6) is 0.713. The monoisotopic (exact) mass is 401 g/mol. The van der Waals surface area contributed by atoms with Gasteiger partial charge in [-0.1, -0.05) is 0 Å². The first-order valence-electron chi connectivity index (χ1n) is 6.92. The second kappa shape index (κ2) is 6.17. The number of H-pyrrole nitrogens is 1. The summed E-state index contributed by atoms with van der Waals surface area (Å²) in [5.41, 5.74) is 0.736. The van der Waals surface area contributed by atoms with Gasteiger partial charge in [0, 0.05) is 6.20 Å². The molecule has 2 aromatic heterocycles. The number of carbonyl (C=O) groups is 1. The number of halogens is 1. The van der Waals surface area contributed by atoms with Crippen LogP contribution in [0.15, 0.2) is 12.3 Å². The molecule has 7 heteroatoms. The fourth-order valence-electron chi connectivity index (χ4n) is 2.75. The summed E-state index contributed by atoms with van der Waals surface area (Å²) < 4.78 is 11.8. The molecule has 112 valence electrons. The minimum atomic E-state index is -0.107. The standard InChI is InChI=1S/C14H16IN3O3/c1-20-14(19)8-2-4-9(5-3-8)21-10-6-7-16-13-11(10)12(15)17-18-13/h6-9H,2-5H2,1H3,(H,16,17,18)/t8-,9-. The van der Waals surface area contributed by atoms with Crippen molar-refractivity contribution in [3.63, 3.8) is 0 Å². The number of nitrogens with one attached hydrogen (secondary N) is 1. The zero-order valence-corrected chi connectivity index (χ0v) is 13.8. The third kappa shape index (κ3) is 2.97. The summed E-state index contributed by atoms with van der Waals surface area (Å²) in [6.07, 6.45) is 5.19. The molecule has 0 amide bonds. The number of rotatable bonds is 3. The Morgan fingerprint density at radius 3 is 2.86 bits per heavy atom. The van der Waals surface area contributed by atoms with E-state index in [1.165, 1.54) is 7.11 Å². The number of hydrogen-bond acceptors (Lipinski definition) is 5. The van der Waals surface area contributed by atoms with Gasteiger partial charge in [-0.05, 0) is 54.3 Å². The van der Waals surface area contributed by atoms with Gasteiger partial charge in [-0.3, -0.25) is 9.89 Å². The van der Waals surface area contributed by atoms with E-state index in [1.807, 2.05) is 6.07 Å². The van der Waals surface area contributed by atoms with Gasteiger partial charge in [-0.25, -0.2) is 4.98 Å². The Balaban J connectivity index is 1.70. The van der Waals surface area contributed by atoms with E-state index in [4.69, 9.17) is 9.47 Å². The van der Waals surface area contributed by atoms with Gasteiger partial charge in [0.15, 0.2) is 5.65 Å². The summed E-state index contributed by atoms with van der Waals surface area (Å²) in [7, 11) is 1.44. The van der Waals surface area contributed by atoms with Crippen LogP contribution in [0.4, 0.5) is 0 Å². The van der Waals surface area contributed by atoms with Gasteiger partial charge in [-0.15, -0.1) is 0 Å². The van der Waals surface area contributed by atoms with Gasteiger partial charge in [0.05, 0.1) is 24.5 Å². The molecule has 6 nitrogen and oxygen atoms in total. The molecule has 3 rings (SSSR count). The fraction of sp³-hybridized carbons (Fsp3) is 0.500. The van der Waals surface area contributed by atoms with Crippen molar-refractivity contribution >= 4 is 39.6 Å². The molecule has 0 spiro atoms. The van der Waals surface area contributed by atoms with Gasteiger partial charge in [0.2, 0.25) is 0 Å². The van der Waals surface area contributed by atoms with Crippen LogP contribution in [0.25, 0.3) is 11.0 Å². The van der Waals surface area contributed by atoms with E-state index in [-0.39, 0.29) is 18.0 Å². The van der Waals surface area contributed by atoms with Gasteiger partial charge >= 0.3 is 5.97 Å². The van der Waals surface area contributed by atoms with Crippen molar-refractivity contribution in [3.8, 4) is 5.75 Å². The molecule has 1 N–H and O–H groups in total. The number of ether oxygens (including phenoxy) is 2. The predicted molar refractivity (Wildman–Crippen MR) is 85.0 cm³/mol. The number of nitrogens with zero attached hydrogens (tertiary/aromatic N) is 2. The van der Waals surface area contributed by atoms with Crippen molar-refractivity contribution < 1.29 is 14.3 Å². The van der Waals surface area contributed by atoms with Crippen molar-refractivity contribution in [1.29, 1.82) is 0 Å². The first-order chi connectivity index (χ1) is 10.2. The number of aromatic nitrogens is 3. The van der Waals surface area contributed by atoms with Crippen LogP contribution in [0.3, 0.4) is 0 Å². The second-order valence-electron chi connectivity index (χ2n) is 5.16. The highest BCUT2D eigenvalue weighted by Crippen LogP contribution is 2.32. The maximum atomic E-state index is 11.5. The molecule has 1 aliphatic carbocycles. The molecule has 2 heterocycles. The SMILES string of the molecule is COC(=O)[C@H]1CC[C@H](Oc2ccnc3[nH]nc(I)c23)CC1. The lowest BCUT2D eigenvalue weighted by Gasteiger charge is -2.27. The lowest BCUT2D eigenvalue weighted by Crippen LogP contribution is -2.28. The van der Waals surface area contributed by atoms with Crippen LogP contribution in [0, 0.1) is 9.62 Å². The molecule has 0 aromatic carbocycles. The smallest absolute Gasteiger partial charge is 0.308 e. The van der Waals surface area contributed by atoms with Crippen molar-refractivity contribution in [2.45, 2.75) is 31.8 Å². The molecule has 0 atom stereocenters. The second-order valence-corrected chi connectivity index (χ2v) is 6.18. The third-order valence-electron chi connectivity index (χ3n) is 3.88. The van der Waals surface area contributed by atoms with E-state index in [2.05, 4.69) is 37.8 Å². The molecule has 2 aromatic rings. The van der Waals surface area contributed by atoms with E-state index in [1.54, 1.807) is 6.20 Å². The molecule has 1 saturated carbocycles. The first-order valence-corrected chi connectivity index (χ1v) is 8.00. The van der Waals surface area contributed by atoms with Crippen molar-refractivity contribution in [2.24, 2.45) is 5.92 Å². The number of fused-ring (bicyclic) bond motifs is 1. The Labute approximate surface area is 135 Å². The Bertz CT molecular complexity index is 650. The largest absolute Gasteiger partial charge is 0.490 e. The van der Waals surface area contributed by atoms with Crippen LogP contribution in [0.2, 0.25) is 0 Å². The number of carbonyl (C=O) groups excluding carboxylic acids is 1. The number of aromatic amines is 1. The summed E-state index contributed by atoms with van der Waals surface area (Å²) in [5, 5.41) is 7.96. The lowest BCUT2D eigenvalue weighted by molar-refractivity contribution is -0.147. The summed E-state index contributed by atoms with van der Waals surface area (Å²) in [4.78, 5) is 15.8. The Morgan fingerprint density at radius 2 is 2.14 bits per heavy atom. The van der Waals surface area contributed by atoms with E-state index in [0.717, 1.165) is 46.2 Å². The van der Waals surface area contributed by atoms with Crippen LogP contribution in [0.5, 0.6) is 5.75 Å². The molecule has 0 bridgehead atoms. The lowest BCUT2D eigenvalue weighted by atomic mass is 9.87. The van der Waals surface area contributed by atoms with Gasteiger partial charge in [0.25, 0.3) is 0 Å². The minimum absolute atomic E-state index is 0.0152. The molecule has 1 aliphatic rings. The highest BCUT2D eigenvalue weighted by Gasteiger charge is 2.28. The van der Waals surface area contributed by atoms with Gasteiger partial charge < -0.3 is 9.47 Å². The van der Waals surface area contributed by atoms with Crippen molar-refractivity contribution in [2.75, 3.05) is 7.11 Å². The molecule has 1 fully saturated rings. The normalized spacial score (nSPS) is 22.2. The zero-order valence-electron chi connectivity index (χ0n) is 11.6. The summed E-state index contributed by atoms with van der Waals surface area (Å²) in [6.45, 7) is 0. The highest BCUT2D eigenvalue weighted by molar-refractivity contribution is 14.1. The van der Waals surface area contributed by atoms with Gasteiger partial charge in [0.1, 0.15) is 9.45 Å². The number of hydrogen-bond donors (Lipinski definition) is 1. The van der Waals surface area contributed by atoms with E-state index in [0.29, 0.717) is 0 Å².